The van der Waals surface area contributed by atoms with Crippen molar-refractivity contribution in [3.8, 4) is 0 Å². The third kappa shape index (κ3) is 0.656. The van der Waals surface area contributed by atoms with Crippen LogP contribution in [0.5, 0.6) is 0 Å². The number of rotatable bonds is 0. The van der Waals surface area contributed by atoms with Gasteiger partial charge in [-0.15, -0.1) is 0 Å². The minimum atomic E-state index is -3.34. The summed E-state index contributed by atoms with van der Waals surface area (Å²) in [5, 5.41) is 0. The van der Waals surface area contributed by atoms with Gasteiger partial charge in [0.25, 0.3) is 0 Å². The van der Waals surface area contributed by atoms with Gasteiger partial charge in [-0.25, -0.2) is 4.39 Å². The minimum absolute atomic E-state index is 1.22. The quantitative estimate of drug-likeness (QED) is 0.495. The first kappa shape index (κ1) is 7.16. The third-order valence-corrected chi connectivity index (χ3v) is 2.20. The first-order valence-corrected chi connectivity index (χ1v) is 3.36. The lowest BCUT2D eigenvalue weighted by Crippen LogP contribution is -2.42. The monoisotopic (exact) mass is 164 g/mol. The molecule has 3 atom stereocenters. The number of halogens is 3. The fourth-order valence-electron chi connectivity index (χ4n) is 1.51. The average molecular weight is 164 g/mol. The Labute approximate surface area is 61.8 Å². The van der Waals surface area contributed by atoms with Crippen molar-refractivity contribution in [3.63, 3.8) is 0 Å². The van der Waals surface area contributed by atoms with Crippen molar-refractivity contribution in [2.45, 2.75) is 30.7 Å². The Morgan fingerprint density at radius 1 is 1.45 bits per heavy atom. The Morgan fingerprint density at radius 3 is 2.36 bits per heavy atom. The second-order valence-electron chi connectivity index (χ2n) is 3.12. The molecule has 0 amide bonds. The van der Waals surface area contributed by atoms with Crippen molar-refractivity contribution in [2.75, 3.05) is 0 Å². The van der Waals surface area contributed by atoms with Crippen molar-refractivity contribution in [3.05, 3.63) is 12.2 Å². The van der Waals surface area contributed by atoms with Gasteiger partial charge in [0.1, 0.15) is 11.7 Å². The number of hydrogen-bond donors (Lipinski definition) is 0. The maximum absolute atomic E-state index is 12.9. The third-order valence-electron chi connectivity index (χ3n) is 2.20. The van der Waals surface area contributed by atoms with Gasteiger partial charge in [0.2, 0.25) is 0 Å². The summed E-state index contributed by atoms with van der Waals surface area (Å²) in [6, 6.07) is 0. The van der Waals surface area contributed by atoms with Gasteiger partial charge in [0.05, 0.1) is 0 Å². The standard InChI is InChI=1S/C7H7F3O/c1-6-3-2-4(11-6)7(9,10)5(6)8/h2-5H,1H3/t4-,5+,6+/m1/s1. The summed E-state index contributed by atoms with van der Waals surface area (Å²) in [5.74, 6) is -3.34. The fraction of sp³-hybridized carbons (Fsp3) is 0.714. The Hall–Kier alpha value is -0.510. The van der Waals surface area contributed by atoms with E-state index in [0.29, 0.717) is 0 Å². The molecule has 1 saturated heterocycles. The summed E-state index contributed by atoms with van der Waals surface area (Å²) in [7, 11) is 0. The van der Waals surface area contributed by atoms with E-state index in [1.165, 1.54) is 19.1 Å². The van der Waals surface area contributed by atoms with E-state index in [9.17, 15) is 13.2 Å². The van der Waals surface area contributed by atoms with E-state index in [2.05, 4.69) is 0 Å². The molecule has 2 aliphatic rings. The SMILES string of the molecule is C[C@@]12C=C[C@@H](O1)C(F)(F)[C@H]2F. The number of ether oxygens (including phenoxy) is 1. The molecule has 0 aromatic heterocycles. The molecule has 0 saturated carbocycles. The summed E-state index contributed by atoms with van der Waals surface area (Å²) in [4.78, 5) is 0. The molecule has 0 unspecified atom stereocenters. The minimum Gasteiger partial charge on any atom is -0.354 e. The van der Waals surface area contributed by atoms with Crippen LogP contribution in [0.3, 0.4) is 0 Å². The highest BCUT2D eigenvalue weighted by Gasteiger charge is 2.66. The molecule has 4 heteroatoms. The summed E-state index contributed by atoms with van der Waals surface area (Å²) in [6.45, 7) is 1.33. The van der Waals surface area contributed by atoms with Crippen molar-refractivity contribution in [2.24, 2.45) is 0 Å². The van der Waals surface area contributed by atoms with Crippen LogP contribution in [0, 0.1) is 0 Å². The van der Waals surface area contributed by atoms with Crippen molar-refractivity contribution < 1.29 is 17.9 Å². The zero-order valence-electron chi connectivity index (χ0n) is 5.85. The van der Waals surface area contributed by atoms with Crippen molar-refractivity contribution >= 4 is 0 Å². The first-order chi connectivity index (χ1) is 4.97. The Bertz CT molecular complexity index is 226. The topological polar surface area (TPSA) is 9.23 Å². The predicted octanol–water partition coefficient (Wildman–Crippen LogP) is 1.69. The Morgan fingerprint density at radius 2 is 2.09 bits per heavy atom. The summed E-state index contributed by atoms with van der Waals surface area (Å²) in [5.41, 5.74) is -1.39. The van der Waals surface area contributed by atoms with E-state index in [0.717, 1.165) is 0 Å². The van der Waals surface area contributed by atoms with E-state index in [1.54, 1.807) is 0 Å². The van der Waals surface area contributed by atoms with Crippen LogP contribution in [-0.2, 0) is 4.74 Å². The average Bonchev–Trinajstić information content (AvgIpc) is 2.36. The zero-order valence-corrected chi connectivity index (χ0v) is 5.85. The highest BCUT2D eigenvalue weighted by atomic mass is 19.3. The van der Waals surface area contributed by atoms with Crippen LogP contribution in [0.1, 0.15) is 6.92 Å². The van der Waals surface area contributed by atoms with Gasteiger partial charge in [0.15, 0.2) is 6.17 Å². The van der Waals surface area contributed by atoms with Gasteiger partial charge < -0.3 is 4.74 Å². The van der Waals surface area contributed by atoms with Crippen molar-refractivity contribution in [1.82, 2.24) is 0 Å². The number of hydrogen-bond acceptors (Lipinski definition) is 1. The Balaban J connectivity index is 2.43. The molecule has 2 aliphatic heterocycles. The smallest absolute Gasteiger partial charge is 0.310 e. The first-order valence-electron chi connectivity index (χ1n) is 3.36. The van der Waals surface area contributed by atoms with Crippen LogP contribution < -0.4 is 0 Å². The van der Waals surface area contributed by atoms with Crippen LogP contribution in [0.4, 0.5) is 13.2 Å². The van der Waals surface area contributed by atoms with Crippen LogP contribution in [-0.4, -0.2) is 23.8 Å². The van der Waals surface area contributed by atoms with E-state index < -0.39 is 23.8 Å². The van der Waals surface area contributed by atoms with Crippen LogP contribution in [0.2, 0.25) is 0 Å². The molecule has 0 spiro atoms. The molecule has 2 heterocycles. The molecule has 0 aliphatic carbocycles. The lowest BCUT2D eigenvalue weighted by Gasteiger charge is -2.22. The zero-order chi connectivity index (χ0) is 8.28. The summed E-state index contributed by atoms with van der Waals surface area (Å²) in [6.07, 6.45) is -0.983. The summed E-state index contributed by atoms with van der Waals surface area (Å²) < 4.78 is 43.1. The molecule has 0 radical (unpaired) electrons. The molecule has 0 aromatic carbocycles. The molecule has 2 bridgehead atoms. The van der Waals surface area contributed by atoms with Crippen LogP contribution >= 0.6 is 0 Å². The van der Waals surface area contributed by atoms with E-state index in [4.69, 9.17) is 4.74 Å². The van der Waals surface area contributed by atoms with Gasteiger partial charge in [-0.05, 0) is 6.92 Å². The number of fused-ring (bicyclic) bond motifs is 2. The van der Waals surface area contributed by atoms with Gasteiger partial charge in [-0.3, -0.25) is 0 Å². The molecule has 62 valence electrons. The van der Waals surface area contributed by atoms with Gasteiger partial charge in [-0.1, -0.05) is 12.2 Å². The fourth-order valence-corrected chi connectivity index (χ4v) is 1.51. The van der Waals surface area contributed by atoms with E-state index >= 15 is 0 Å². The highest BCUT2D eigenvalue weighted by Crippen LogP contribution is 2.49. The number of alkyl halides is 3. The second kappa shape index (κ2) is 1.63. The van der Waals surface area contributed by atoms with Crippen molar-refractivity contribution in [1.29, 1.82) is 0 Å². The molecule has 1 nitrogen and oxygen atoms in total. The van der Waals surface area contributed by atoms with Gasteiger partial charge >= 0.3 is 5.92 Å². The molecule has 1 fully saturated rings. The van der Waals surface area contributed by atoms with Gasteiger partial charge in [-0.2, -0.15) is 8.78 Å². The lowest BCUT2D eigenvalue weighted by molar-refractivity contribution is -0.0741. The maximum atomic E-state index is 12.9. The van der Waals surface area contributed by atoms with E-state index in [1.807, 2.05) is 0 Å². The Kier molecular flexibility index (Phi) is 1.06. The van der Waals surface area contributed by atoms with Crippen LogP contribution in [0.15, 0.2) is 12.2 Å². The van der Waals surface area contributed by atoms with Crippen LogP contribution in [0.25, 0.3) is 0 Å². The largest absolute Gasteiger partial charge is 0.354 e. The molecular weight excluding hydrogens is 157 g/mol. The molecular formula is C7H7F3O. The predicted molar refractivity (Wildman–Crippen MR) is 32.3 cm³/mol. The molecule has 11 heavy (non-hydrogen) atoms. The molecule has 2 rings (SSSR count). The summed E-state index contributed by atoms with van der Waals surface area (Å²) >= 11 is 0. The van der Waals surface area contributed by atoms with E-state index in [-0.39, 0.29) is 0 Å². The molecule has 0 N–H and O–H groups in total. The highest BCUT2D eigenvalue weighted by molar-refractivity contribution is 5.25. The second-order valence-corrected chi connectivity index (χ2v) is 3.12. The molecule has 0 aromatic rings. The maximum Gasteiger partial charge on any atom is 0.310 e. The normalized spacial score (nSPS) is 52.0. The van der Waals surface area contributed by atoms with Gasteiger partial charge in [0, 0.05) is 0 Å². The lowest BCUT2D eigenvalue weighted by atomic mass is 9.92.